The molecule has 2 aromatic carbocycles. The molecule has 26 heavy (non-hydrogen) atoms. The number of para-hydroxylation sites is 1. The average molecular weight is 350 g/mol. The predicted octanol–water partition coefficient (Wildman–Crippen LogP) is 5.16. The molecule has 0 radical (unpaired) electrons. The first-order chi connectivity index (χ1) is 12.6. The Morgan fingerprint density at radius 3 is 2.50 bits per heavy atom. The maximum atomic E-state index is 12.4. The van der Waals surface area contributed by atoms with E-state index in [9.17, 15) is 9.90 Å². The molecule has 0 fully saturated rings. The Labute approximate surface area is 152 Å². The van der Waals surface area contributed by atoms with Crippen LogP contribution in [-0.4, -0.2) is 34.0 Å². The number of fused-ring (bicyclic) bond motifs is 1. The van der Waals surface area contributed by atoms with Crippen LogP contribution in [0.3, 0.4) is 0 Å². The normalized spacial score (nSPS) is 11.3. The number of hydrogen-bond donors (Lipinski definition) is 2. The van der Waals surface area contributed by atoms with Gasteiger partial charge in [-0.3, -0.25) is 4.79 Å². The van der Waals surface area contributed by atoms with Crippen molar-refractivity contribution >= 4 is 28.2 Å². The van der Waals surface area contributed by atoms with E-state index in [2.05, 4.69) is 22.1 Å². The molecule has 6 heteroatoms. The molecule has 0 atom stereocenters. The van der Waals surface area contributed by atoms with Gasteiger partial charge in [0.15, 0.2) is 5.69 Å². The smallest absolute Gasteiger partial charge is 0.253 e. The fraction of sp³-hybridized carbons (Fsp3) is 0.250. The number of rotatable bonds is 6. The predicted molar refractivity (Wildman–Crippen MR) is 102 cm³/mol. The molecule has 0 aliphatic rings. The van der Waals surface area contributed by atoms with Gasteiger partial charge in [-0.2, -0.15) is 5.11 Å². The van der Waals surface area contributed by atoms with Crippen molar-refractivity contribution in [2.45, 2.75) is 20.3 Å². The summed E-state index contributed by atoms with van der Waals surface area (Å²) in [6, 6.07) is 14.5. The monoisotopic (exact) mass is 350 g/mol. The molecule has 3 aromatic rings. The minimum atomic E-state index is -0.0140. The lowest BCUT2D eigenvalue weighted by atomic mass is 10.2. The lowest BCUT2D eigenvalue weighted by Crippen LogP contribution is -2.31. The molecule has 1 amide bonds. The van der Waals surface area contributed by atoms with Gasteiger partial charge in [-0.25, -0.2) is 0 Å². The molecule has 1 aromatic heterocycles. The molecule has 6 nitrogen and oxygen atoms in total. The number of benzene rings is 2. The number of aromatic hydroxyl groups is 1. The maximum Gasteiger partial charge on any atom is 0.253 e. The zero-order valence-corrected chi connectivity index (χ0v) is 14.9. The van der Waals surface area contributed by atoms with Crippen LogP contribution in [0.2, 0.25) is 0 Å². The quantitative estimate of drug-likeness (QED) is 0.602. The Bertz CT molecular complexity index is 929. The molecule has 3 rings (SSSR count). The van der Waals surface area contributed by atoms with Gasteiger partial charge in [0.05, 0.1) is 11.2 Å². The number of azo groups is 1. The zero-order chi connectivity index (χ0) is 18.5. The van der Waals surface area contributed by atoms with Gasteiger partial charge in [-0.05, 0) is 43.7 Å². The van der Waals surface area contributed by atoms with Gasteiger partial charge in [-0.1, -0.05) is 25.1 Å². The number of carbonyl (C=O) groups excluding carboxylic acids is 1. The minimum Gasteiger partial charge on any atom is -0.493 e. The summed E-state index contributed by atoms with van der Waals surface area (Å²) in [5, 5.41) is 19.2. The van der Waals surface area contributed by atoms with Gasteiger partial charge < -0.3 is 15.0 Å². The first kappa shape index (κ1) is 17.7. The van der Waals surface area contributed by atoms with E-state index >= 15 is 0 Å². The Morgan fingerprint density at radius 2 is 1.81 bits per heavy atom. The standard InChI is InChI=1S/C20H22N4O2/c1-3-13-24(4-2)20(26)14-9-11-15(12-10-14)22-23-18-16-7-5-6-8-17(16)21-19(18)25/h5-12,21,25H,3-4,13H2,1-2H3. The van der Waals surface area contributed by atoms with Gasteiger partial charge in [0.2, 0.25) is 5.88 Å². The van der Waals surface area contributed by atoms with Crippen molar-refractivity contribution in [3.63, 3.8) is 0 Å². The van der Waals surface area contributed by atoms with Crippen LogP contribution in [0.4, 0.5) is 11.4 Å². The summed E-state index contributed by atoms with van der Waals surface area (Å²) >= 11 is 0. The SMILES string of the molecule is CCCN(CC)C(=O)c1ccc(N=Nc2c(O)[nH]c3ccccc23)cc1. The Morgan fingerprint density at radius 1 is 1.08 bits per heavy atom. The summed E-state index contributed by atoms with van der Waals surface area (Å²) in [4.78, 5) is 17.1. The van der Waals surface area contributed by atoms with Crippen LogP contribution in [0.5, 0.6) is 5.88 Å². The van der Waals surface area contributed by atoms with E-state index in [1.165, 1.54) is 0 Å². The third-order valence-corrected chi connectivity index (χ3v) is 4.20. The summed E-state index contributed by atoms with van der Waals surface area (Å²) in [5.41, 5.74) is 2.45. The second-order valence-electron chi connectivity index (χ2n) is 6.00. The summed E-state index contributed by atoms with van der Waals surface area (Å²) in [6.45, 7) is 5.47. The molecular formula is C20H22N4O2. The van der Waals surface area contributed by atoms with Crippen LogP contribution < -0.4 is 0 Å². The van der Waals surface area contributed by atoms with E-state index < -0.39 is 0 Å². The van der Waals surface area contributed by atoms with Crippen LogP contribution in [0.15, 0.2) is 58.8 Å². The van der Waals surface area contributed by atoms with Crippen molar-refractivity contribution in [3.8, 4) is 5.88 Å². The second kappa shape index (κ2) is 7.82. The number of nitrogens with zero attached hydrogens (tertiary/aromatic N) is 3. The molecule has 0 aliphatic carbocycles. The van der Waals surface area contributed by atoms with Gasteiger partial charge in [0.1, 0.15) is 0 Å². The molecule has 0 aliphatic heterocycles. The molecule has 1 heterocycles. The number of carbonyl (C=O) groups is 1. The second-order valence-corrected chi connectivity index (χ2v) is 6.00. The van der Waals surface area contributed by atoms with Gasteiger partial charge in [0.25, 0.3) is 5.91 Å². The highest BCUT2D eigenvalue weighted by Crippen LogP contribution is 2.36. The highest BCUT2D eigenvalue weighted by atomic mass is 16.3. The van der Waals surface area contributed by atoms with Crippen LogP contribution in [0.1, 0.15) is 30.6 Å². The Hall–Kier alpha value is -3.15. The lowest BCUT2D eigenvalue weighted by molar-refractivity contribution is 0.0764. The number of amides is 1. The van der Waals surface area contributed by atoms with Crippen molar-refractivity contribution < 1.29 is 9.90 Å². The highest BCUT2D eigenvalue weighted by molar-refractivity contribution is 5.95. The molecule has 2 N–H and O–H groups in total. The van der Waals surface area contributed by atoms with E-state index in [4.69, 9.17) is 0 Å². The number of H-pyrrole nitrogens is 1. The largest absolute Gasteiger partial charge is 0.493 e. The minimum absolute atomic E-state index is 0.0140. The molecule has 0 unspecified atom stereocenters. The number of aromatic amines is 1. The molecular weight excluding hydrogens is 328 g/mol. The first-order valence-corrected chi connectivity index (χ1v) is 8.74. The lowest BCUT2D eigenvalue weighted by Gasteiger charge is -2.19. The third-order valence-electron chi connectivity index (χ3n) is 4.20. The fourth-order valence-electron chi connectivity index (χ4n) is 2.85. The average Bonchev–Trinajstić information content (AvgIpc) is 2.99. The van der Waals surface area contributed by atoms with Crippen molar-refractivity contribution in [2.24, 2.45) is 10.2 Å². The van der Waals surface area contributed by atoms with Crippen LogP contribution >= 0.6 is 0 Å². The Balaban J connectivity index is 1.79. The fourth-order valence-corrected chi connectivity index (χ4v) is 2.85. The van der Waals surface area contributed by atoms with E-state index in [-0.39, 0.29) is 11.8 Å². The van der Waals surface area contributed by atoms with Crippen LogP contribution in [0, 0.1) is 0 Å². The Kier molecular flexibility index (Phi) is 5.31. The molecule has 0 saturated carbocycles. The maximum absolute atomic E-state index is 12.4. The highest BCUT2D eigenvalue weighted by Gasteiger charge is 2.13. The van der Waals surface area contributed by atoms with Crippen LogP contribution in [0.25, 0.3) is 10.9 Å². The van der Waals surface area contributed by atoms with E-state index in [0.29, 0.717) is 23.5 Å². The molecule has 0 saturated heterocycles. The van der Waals surface area contributed by atoms with Gasteiger partial charge >= 0.3 is 0 Å². The third kappa shape index (κ3) is 3.59. The number of hydrogen-bond acceptors (Lipinski definition) is 4. The van der Waals surface area contributed by atoms with Crippen LogP contribution in [-0.2, 0) is 0 Å². The summed E-state index contributed by atoms with van der Waals surface area (Å²) in [6.07, 6.45) is 0.931. The van der Waals surface area contributed by atoms with Crippen molar-refractivity contribution in [1.82, 2.24) is 9.88 Å². The first-order valence-electron chi connectivity index (χ1n) is 8.74. The zero-order valence-electron chi connectivity index (χ0n) is 14.9. The summed E-state index contributed by atoms with van der Waals surface area (Å²) in [7, 11) is 0. The number of nitrogens with one attached hydrogen (secondary N) is 1. The van der Waals surface area contributed by atoms with E-state index in [0.717, 1.165) is 23.9 Å². The summed E-state index contributed by atoms with van der Waals surface area (Å²) < 4.78 is 0. The summed E-state index contributed by atoms with van der Waals surface area (Å²) in [5.74, 6) is 0.00649. The van der Waals surface area contributed by atoms with Crippen molar-refractivity contribution in [2.75, 3.05) is 13.1 Å². The topological polar surface area (TPSA) is 81.1 Å². The van der Waals surface area contributed by atoms with E-state index in [1.807, 2.05) is 36.1 Å². The van der Waals surface area contributed by atoms with E-state index in [1.54, 1.807) is 24.3 Å². The van der Waals surface area contributed by atoms with Gasteiger partial charge in [-0.15, -0.1) is 5.11 Å². The van der Waals surface area contributed by atoms with Gasteiger partial charge in [0, 0.05) is 24.0 Å². The van der Waals surface area contributed by atoms with Crippen molar-refractivity contribution in [1.29, 1.82) is 0 Å². The van der Waals surface area contributed by atoms with Crippen molar-refractivity contribution in [3.05, 3.63) is 54.1 Å². The molecule has 0 bridgehead atoms. The number of aromatic nitrogens is 1. The molecule has 134 valence electrons. The molecule has 0 spiro atoms.